The molecule has 3 aliphatic heterocycles. The Morgan fingerprint density at radius 1 is 1.00 bits per heavy atom. The minimum Gasteiger partial charge on any atom is -0.393 e. The van der Waals surface area contributed by atoms with E-state index in [-0.39, 0.29) is 42.6 Å². The Morgan fingerprint density at radius 2 is 1.64 bits per heavy atom. The predicted octanol–water partition coefficient (Wildman–Crippen LogP) is 1.62. The molecule has 0 radical (unpaired) electrons. The number of fused-ring (bicyclic) bond motifs is 3. The van der Waals surface area contributed by atoms with Crippen LogP contribution in [0.3, 0.4) is 0 Å². The number of amides is 2. The van der Waals surface area contributed by atoms with Gasteiger partial charge in [-0.3, -0.25) is 9.59 Å². The van der Waals surface area contributed by atoms with Gasteiger partial charge in [-0.1, -0.05) is 24.3 Å². The highest BCUT2D eigenvalue weighted by Gasteiger charge is 2.42. The van der Waals surface area contributed by atoms with Gasteiger partial charge in [-0.05, 0) is 67.5 Å². The van der Waals surface area contributed by atoms with Crippen LogP contribution in [0.2, 0.25) is 0 Å². The third-order valence-corrected chi connectivity index (χ3v) is 7.39. The van der Waals surface area contributed by atoms with Crippen LogP contribution in [0.4, 0.5) is 0 Å². The van der Waals surface area contributed by atoms with Crippen LogP contribution < -0.4 is 10.6 Å². The summed E-state index contributed by atoms with van der Waals surface area (Å²) in [5.74, 6) is -0.300. The van der Waals surface area contributed by atoms with Gasteiger partial charge in [0.2, 0.25) is 0 Å². The van der Waals surface area contributed by atoms with Crippen LogP contribution >= 0.6 is 0 Å². The van der Waals surface area contributed by atoms with Crippen molar-refractivity contribution in [3.05, 3.63) is 70.8 Å². The molecule has 2 aromatic rings. The number of benzene rings is 2. The summed E-state index contributed by atoms with van der Waals surface area (Å²) in [6, 6.07) is 15.0. The second-order valence-corrected chi connectivity index (χ2v) is 9.54. The van der Waals surface area contributed by atoms with Crippen molar-refractivity contribution in [1.82, 2.24) is 15.5 Å². The molecule has 2 saturated heterocycles. The number of hydrogen-bond acceptors (Lipinski definition) is 5. The molecule has 5 rings (SSSR count). The Balaban J connectivity index is 1.15. The summed E-state index contributed by atoms with van der Waals surface area (Å²) in [6.45, 7) is 0.859. The van der Waals surface area contributed by atoms with Crippen LogP contribution in [-0.4, -0.2) is 63.8 Å². The molecule has 0 aliphatic carbocycles. The lowest BCUT2D eigenvalue weighted by molar-refractivity contribution is 0.0286. The second-order valence-electron chi connectivity index (χ2n) is 9.54. The Morgan fingerprint density at radius 3 is 2.33 bits per heavy atom. The van der Waals surface area contributed by atoms with Gasteiger partial charge >= 0.3 is 0 Å². The molecule has 2 amide bonds. The van der Waals surface area contributed by atoms with Crippen molar-refractivity contribution in [2.45, 2.75) is 69.0 Å². The van der Waals surface area contributed by atoms with E-state index in [0.29, 0.717) is 30.5 Å². The van der Waals surface area contributed by atoms with Crippen molar-refractivity contribution in [3.8, 4) is 0 Å². The van der Waals surface area contributed by atoms with Gasteiger partial charge < -0.3 is 25.7 Å². The largest absolute Gasteiger partial charge is 0.393 e. The average Bonchev–Trinajstić information content (AvgIpc) is 3.12. The average molecular weight is 450 g/mol. The lowest BCUT2D eigenvalue weighted by Crippen LogP contribution is -2.49. The highest BCUT2D eigenvalue weighted by molar-refractivity contribution is 5.98. The Labute approximate surface area is 193 Å². The van der Waals surface area contributed by atoms with Crippen molar-refractivity contribution in [2.75, 3.05) is 6.54 Å². The first-order valence-corrected chi connectivity index (χ1v) is 11.9. The van der Waals surface area contributed by atoms with Crippen LogP contribution in [0.15, 0.2) is 48.5 Å². The summed E-state index contributed by atoms with van der Waals surface area (Å²) < 4.78 is 0. The third-order valence-electron chi connectivity index (χ3n) is 7.39. The highest BCUT2D eigenvalue weighted by Crippen LogP contribution is 2.36. The molecule has 2 bridgehead atoms. The summed E-state index contributed by atoms with van der Waals surface area (Å²) in [5.41, 5.74) is 3.49. The summed E-state index contributed by atoms with van der Waals surface area (Å²) in [6.07, 6.45) is 2.88. The lowest BCUT2D eigenvalue weighted by Gasteiger charge is -2.37. The first kappa shape index (κ1) is 22.1. The van der Waals surface area contributed by atoms with Crippen molar-refractivity contribution in [1.29, 1.82) is 0 Å². The number of carbonyl (C=O) groups is 2. The maximum absolute atomic E-state index is 13.0. The molecule has 7 nitrogen and oxygen atoms in total. The number of nitrogens with one attached hydrogen (secondary N) is 2. The van der Waals surface area contributed by atoms with E-state index in [2.05, 4.69) is 22.8 Å². The molecular weight excluding hydrogens is 418 g/mol. The Bertz CT molecular complexity index is 1010. The van der Waals surface area contributed by atoms with Gasteiger partial charge in [0.1, 0.15) is 0 Å². The molecule has 4 unspecified atom stereocenters. The van der Waals surface area contributed by atoms with Crippen LogP contribution in [0.5, 0.6) is 0 Å². The standard InChI is InChI=1S/C26H31N3O4/c30-22-12-20-9-10-21(13-22)29(20)26(33)17-7-5-16(6-8-17)25(32)28-15-24(31)23-11-18-3-1-2-4-19(18)14-27-23/h1-8,20-24,27,30-31H,9-15H2,(H,28,32). The molecule has 4 N–H and O–H groups in total. The maximum atomic E-state index is 13.0. The fourth-order valence-corrected chi connectivity index (χ4v) is 5.59. The minimum absolute atomic E-state index is 0.0274. The maximum Gasteiger partial charge on any atom is 0.254 e. The van der Waals surface area contributed by atoms with Gasteiger partial charge in [-0.25, -0.2) is 0 Å². The van der Waals surface area contributed by atoms with E-state index in [9.17, 15) is 19.8 Å². The second kappa shape index (κ2) is 9.25. The fourth-order valence-electron chi connectivity index (χ4n) is 5.59. The SMILES string of the molecule is O=C(NCC(O)C1Cc2ccccc2CN1)c1ccc(C(=O)N2C3CCC2CC(O)C3)cc1. The first-order valence-electron chi connectivity index (χ1n) is 11.9. The third kappa shape index (κ3) is 4.53. The zero-order valence-corrected chi connectivity index (χ0v) is 18.6. The van der Waals surface area contributed by atoms with Crippen LogP contribution in [0.25, 0.3) is 0 Å². The first-order chi connectivity index (χ1) is 16.0. The predicted molar refractivity (Wildman–Crippen MR) is 124 cm³/mol. The molecule has 33 heavy (non-hydrogen) atoms. The van der Waals surface area contributed by atoms with Crippen LogP contribution in [0.1, 0.15) is 57.5 Å². The van der Waals surface area contributed by atoms with E-state index in [1.54, 1.807) is 24.3 Å². The quantitative estimate of drug-likeness (QED) is 0.556. The molecule has 2 fully saturated rings. The van der Waals surface area contributed by atoms with Crippen LogP contribution in [0, 0.1) is 0 Å². The summed E-state index contributed by atoms with van der Waals surface area (Å²) in [7, 11) is 0. The van der Waals surface area contributed by atoms with Crippen molar-refractivity contribution >= 4 is 11.8 Å². The monoisotopic (exact) mass is 449 g/mol. The number of aliphatic hydroxyl groups is 2. The number of piperidine rings is 1. The normalized spacial score (nSPS) is 27.0. The Kier molecular flexibility index (Phi) is 6.19. The zero-order chi connectivity index (χ0) is 22.9. The summed E-state index contributed by atoms with van der Waals surface area (Å²) in [4.78, 5) is 27.6. The number of nitrogens with zero attached hydrogens (tertiary/aromatic N) is 1. The lowest BCUT2D eigenvalue weighted by atomic mass is 9.93. The highest BCUT2D eigenvalue weighted by atomic mass is 16.3. The van der Waals surface area contributed by atoms with E-state index in [1.165, 1.54) is 11.1 Å². The minimum atomic E-state index is -0.701. The van der Waals surface area contributed by atoms with Gasteiger partial charge in [0, 0.05) is 42.3 Å². The van der Waals surface area contributed by atoms with Gasteiger partial charge in [-0.15, -0.1) is 0 Å². The topological polar surface area (TPSA) is 102 Å². The van der Waals surface area contributed by atoms with E-state index in [0.717, 1.165) is 19.3 Å². The van der Waals surface area contributed by atoms with Crippen molar-refractivity contribution in [3.63, 3.8) is 0 Å². The molecule has 3 aliphatic rings. The van der Waals surface area contributed by atoms with E-state index < -0.39 is 6.10 Å². The van der Waals surface area contributed by atoms with E-state index >= 15 is 0 Å². The summed E-state index contributed by atoms with van der Waals surface area (Å²) in [5, 5.41) is 26.7. The molecule has 0 saturated carbocycles. The smallest absolute Gasteiger partial charge is 0.254 e. The summed E-state index contributed by atoms with van der Waals surface area (Å²) >= 11 is 0. The van der Waals surface area contributed by atoms with Gasteiger partial charge in [0.15, 0.2) is 0 Å². The van der Waals surface area contributed by atoms with E-state index in [1.807, 2.05) is 17.0 Å². The number of carbonyl (C=O) groups excluding carboxylic acids is 2. The molecule has 2 aromatic carbocycles. The fraction of sp³-hybridized carbons (Fsp3) is 0.462. The van der Waals surface area contributed by atoms with Gasteiger partial charge in [0.25, 0.3) is 11.8 Å². The van der Waals surface area contributed by atoms with Crippen molar-refractivity contribution < 1.29 is 19.8 Å². The molecule has 7 heteroatoms. The number of aliphatic hydroxyl groups excluding tert-OH is 2. The molecule has 4 atom stereocenters. The van der Waals surface area contributed by atoms with Crippen LogP contribution in [-0.2, 0) is 13.0 Å². The van der Waals surface area contributed by atoms with Gasteiger partial charge in [-0.2, -0.15) is 0 Å². The van der Waals surface area contributed by atoms with E-state index in [4.69, 9.17) is 0 Å². The number of hydrogen-bond donors (Lipinski definition) is 4. The number of rotatable bonds is 5. The molecule has 174 valence electrons. The van der Waals surface area contributed by atoms with Crippen molar-refractivity contribution in [2.24, 2.45) is 0 Å². The Hall–Kier alpha value is -2.74. The van der Waals surface area contributed by atoms with Gasteiger partial charge in [0.05, 0.1) is 12.2 Å². The molecule has 3 heterocycles. The zero-order valence-electron chi connectivity index (χ0n) is 18.6. The molecular formula is C26H31N3O4. The molecule has 0 spiro atoms. The molecule has 0 aromatic heterocycles.